The third kappa shape index (κ3) is 1.90. The number of hydrogen-bond donors (Lipinski definition) is 1. The van der Waals surface area contributed by atoms with Crippen molar-refractivity contribution < 1.29 is 25.8 Å². The molecular weight excluding hydrogens is 273 g/mol. The summed E-state index contributed by atoms with van der Waals surface area (Å²) >= 11 is 0. The van der Waals surface area contributed by atoms with Crippen LogP contribution in [0.5, 0.6) is 5.75 Å². The fourth-order valence-corrected chi connectivity index (χ4v) is 1.70. The largest absolute Gasteiger partial charge is 0.497 e. The maximum absolute atomic E-state index is 13.2. The van der Waals surface area contributed by atoms with Gasteiger partial charge < -0.3 is 9.72 Å². The van der Waals surface area contributed by atoms with E-state index in [2.05, 4.69) is 9.97 Å². The van der Waals surface area contributed by atoms with Crippen molar-refractivity contribution in [3.05, 3.63) is 24.0 Å². The zero-order valence-electron chi connectivity index (χ0n) is 8.95. The van der Waals surface area contributed by atoms with Gasteiger partial charge in [-0.15, -0.1) is 0 Å². The van der Waals surface area contributed by atoms with Gasteiger partial charge >= 0.3 is 15.5 Å². The lowest BCUT2D eigenvalue weighted by atomic mass is 10.3. The monoisotopic (exact) mass is 280 g/mol. The lowest BCUT2D eigenvalue weighted by Gasteiger charge is -2.06. The Morgan fingerprint density at radius 3 is 2.61 bits per heavy atom. The van der Waals surface area contributed by atoms with Gasteiger partial charge in [-0.3, -0.25) is 0 Å². The molecule has 0 aliphatic rings. The van der Waals surface area contributed by atoms with Crippen molar-refractivity contribution >= 4 is 21.3 Å². The van der Waals surface area contributed by atoms with Gasteiger partial charge in [0.2, 0.25) is 0 Å². The van der Waals surface area contributed by atoms with E-state index in [1.54, 1.807) is 0 Å². The molecule has 0 radical (unpaired) electrons. The van der Waals surface area contributed by atoms with Crippen LogP contribution in [-0.4, -0.2) is 25.5 Å². The predicted octanol–water partition coefficient (Wildman–Crippen LogP) is 1.92. The van der Waals surface area contributed by atoms with Gasteiger partial charge in [0.25, 0.3) is 0 Å². The van der Waals surface area contributed by atoms with E-state index in [0.29, 0.717) is 5.75 Å². The van der Waals surface area contributed by atoms with Gasteiger partial charge in [0.15, 0.2) is 5.82 Å². The van der Waals surface area contributed by atoms with Crippen molar-refractivity contribution in [1.29, 1.82) is 0 Å². The number of aromatic nitrogens is 2. The quantitative estimate of drug-likeness (QED) is 0.872. The van der Waals surface area contributed by atoms with Crippen molar-refractivity contribution in [2.45, 2.75) is 5.25 Å². The summed E-state index contributed by atoms with van der Waals surface area (Å²) in [5.41, 5.74) is 0.196. The number of methoxy groups -OCH3 is 1. The third-order valence-corrected chi connectivity index (χ3v) is 3.08. The molecule has 98 valence electrons. The number of fused-ring (bicyclic) bond motifs is 1. The van der Waals surface area contributed by atoms with E-state index in [1.165, 1.54) is 25.3 Å². The fourth-order valence-electron chi connectivity index (χ4n) is 1.37. The molecule has 2 rings (SSSR count). The summed E-state index contributed by atoms with van der Waals surface area (Å²) in [5, 5.41) is -4.71. The van der Waals surface area contributed by atoms with Crippen LogP contribution in [0.3, 0.4) is 0 Å². The van der Waals surface area contributed by atoms with E-state index >= 15 is 0 Å². The molecule has 1 aromatic heterocycles. The Bertz CT molecular complexity index is 696. The van der Waals surface area contributed by atoms with Crippen LogP contribution in [-0.2, 0) is 15.5 Å². The highest BCUT2D eigenvalue weighted by Crippen LogP contribution is 2.34. The SMILES string of the molecule is COc1ccc2nc(C(F)(F)S(=O)(=O)F)[nH]c2c1. The number of benzene rings is 1. The van der Waals surface area contributed by atoms with Crippen molar-refractivity contribution in [2.75, 3.05) is 7.11 Å². The van der Waals surface area contributed by atoms with Crippen LogP contribution in [0, 0.1) is 0 Å². The number of alkyl halides is 2. The van der Waals surface area contributed by atoms with Gasteiger partial charge in [-0.1, -0.05) is 3.89 Å². The van der Waals surface area contributed by atoms with Crippen LogP contribution in [0.15, 0.2) is 18.2 Å². The molecule has 0 aliphatic heterocycles. The summed E-state index contributed by atoms with van der Waals surface area (Å²) in [6.45, 7) is 0. The molecule has 0 saturated heterocycles. The van der Waals surface area contributed by atoms with Crippen LogP contribution < -0.4 is 4.74 Å². The number of nitrogens with one attached hydrogen (secondary N) is 1. The van der Waals surface area contributed by atoms with Gasteiger partial charge in [0.1, 0.15) is 5.75 Å². The first-order valence-corrected chi connectivity index (χ1v) is 6.00. The first-order chi connectivity index (χ1) is 8.25. The Morgan fingerprint density at radius 2 is 2.06 bits per heavy atom. The number of ether oxygens (including phenoxy) is 1. The van der Waals surface area contributed by atoms with Gasteiger partial charge in [-0.05, 0) is 12.1 Å². The Morgan fingerprint density at radius 1 is 1.39 bits per heavy atom. The summed E-state index contributed by atoms with van der Waals surface area (Å²) in [6, 6.07) is 4.14. The zero-order chi connectivity index (χ0) is 13.6. The first-order valence-electron chi connectivity index (χ1n) is 4.62. The van der Waals surface area contributed by atoms with E-state index in [4.69, 9.17) is 4.74 Å². The second kappa shape index (κ2) is 3.87. The molecule has 9 heteroatoms. The topological polar surface area (TPSA) is 72.0 Å². The Kier molecular flexibility index (Phi) is 2.73. The molecule has 2 aromatic rings. The molecule has 5 nitrogen and oxygen atoms in total. The number of halogens is 3. The average Bonchev–Trinajstić information content (AvgIpc) is 2.70. The van der Waals surface area contributed by atoms with Gasteiger partial charge in [0, 0.05) is 6.07 Å². The molecule has 1 heterocycles. The highest BCUT2D eigenvalue weighted by molar-refractivity contribution is 7.87. The fraction of sp³-hybridized carbons (Fsp3) is 0.222. The maximum atomic E-state index is 13.2. The van der Waals surface area contributed by atoms with E-state index in [9.17, 15) is 21.1 Å². The third-order valence-electron chi connectivity index (χ3n) is 2.27. The van der Waals surface area contributed by atoms with Crippen molar-refractivity contribution in [1.82, 2.24) is 9.97 Å². The van der Waals surface area contributed by atoms with E-state index in [-0.39, 0.29) is 11.0 Å². The summed E-state index contributed by atoms with van der Waals surface area (Å²) in [4.78, 5) is 5.40. The predicted molar refractivity (Wildman–Crippen MR) is 56.6 cm³/mol. The molecule has 0 aliphatic carbocycles. The van der Waals surface area contributed by atoms with E-state index in [0.717, 1.165) is 0 Å². The Labute approximate surface area is 99.8 Å². The van der Waals surface area contributed by atoms with Crippen molar-refractivity contribution in [3.8, 4) is 5.75 Å². The summed E-state index contributed by atoms with van der Waals surface area (Å²) < 4.78 is 64.4. The van der Waals surface area contributed by atoms with E-state index in [1.807, 2.05) is 0 Å². The highest BCUT2D eigenvalue weighted by atomic mass is 32.3. The molecule has 0 bridgehead atoms. The van der Waals surface area contributed by atoms with Crippen LogP contribution in [0.25, 0.3) is 11.0 Å². The molecule has 0 spiro atoms. The second-order valence-corrected chi connectivity index (χ2v) is 4.81. The lowest BCUT2D eigenvalue weighted by molar-refractivity contribution is 0.0755. The Balaban J connectivity index is 2.61. The number of nitrogens with zero attached hydrogens (tertiary/aromatic N) is 1. The highest BCUT2D eigenvalue weighted by Gasteiger charge is 2.50. The van der Waals surface area contributed by atoms with Crippen LogP contribution in [0.1, 0.15) is 5.82 Å². The molecular formula is C9H7F3N2O3S. The molecule has 1 aromatic carbocycles. The number of H-pyrrole nitrogens is 1. The van der Waals surface area contributed by atoms with E-state index < -0.39 is 21.3 Å². The van der Waals surface area contributed by atoms with Crippen LogP contribution >= 0.6 is 0 Å². The molecule has 0 atom stereocenters. The number of hydrogen-bond acceptors (Lipinski definition) is 4. The molecule has 0 amide bonds. The Hall–Kier alpha value is -1.77. The number of imidazole rings is 1. The van der Waals surface area contributed by atoms with Crippen molar-refractivity contribution in [2.24, 2.45) is 0 Å². The minimum Gasteiger partial charge on any atom is -0.497 e. The zero-order valence-corrected chi connectivity index (χ0v) is 9.76. The molecule has 18 heavy (non-hydrogen) atoms. The standard InChI is InChI=1S/C9H7F3N2O3S/c1-17-5-2-3-6-7(4-5)14-8(13-6)9(10,11)18(12,15)16/h2-4H,1H3,(H,13,14). The molecule has 0 unspecified atom stereocenters. The minimum atomic E-state index is -6.08. The minimum absolute atomic E-state index is 0.0779. The summed E-state index contributed by atoms with van der Waals surface area (Å²) in [5.74, 6) is -0.905. The van der Waals surface area contributed by atoms with Crippen LogP contribution in [0.2, 0.25) is 0 Å². The van der Waals surface area contributed by atoms with Gasteiger partial charge in [0.05, 0.1) is 18.1 Å². The average molecular weight is 280 g/mol. The molecule has 0 saturated carbocycles. The first kappa shape index (κ1) is 12.7. The lowest BCUT2D eigenvalue weighted by Crippen LogP contribution is -2.23. The normalized spacial score (nSPS) is 12.9. The maximum Gasteiger partial charge on any atom is 0.430 e. The summed E-state index contributed by atoms with van der Waals surface area (Å²) in [7, 11) is -4.70. The smallest absolute Gasteiger partial charge is 0.430 e. The number of aromatic amines is 1. The van der Waals surface area contributed by atoms with Gasteiger partial charge in [-0.25, -0.2) is 4.98 Å². The summed E-state index contributed by atoms with van der Waals surface area (Å²) in [6.07, 6.45) is 0. The van der Waals surface area contributed by atoms with Crippen molar-refractivity contribution in [3.63, 3.8) is 0 Å². The molecule has 1 N–H and O–H groups in total. The number of rotatable bonds is 3. The molecule has 0 fully saturated rings. The van der Waals surface area contributed by atoms with Gasteiger partial charge in [-0.2, -0.15) is 17.2 Å². The second-order valence-electron chi connectivity index (χ2n) is 3.42. The van der Waals surface area contributed by atoms with Crippen LogP contribution in [0.4, 0.5) is 12.7 Å².